The van der Waals surface area contributed by atoms with Gasteiger partial charge in [-0.15, -0.1) is 0 Å². The first-order valence-corrected chi connectivity index (χ1v) is 12.7. The fourth-order valence-corrected chi connectivity index (χ4v) is 5.91. The van der Waals surface area contributed by atoms with Gasteiger partial charge in [0.2, 0.25) is 10.0 Å². The Bertz CT molecular complexity index is 1580. The Hall–Kier alpha value is -3.42. The molecule has 6 rings (SSSR count). The van der Waals surface area contributed by atoms with Crippen LogP contribution in [0, 0.1) is 11.3 Å². The molecule has 0 unspecified atom stereocenters. The van der Waals surface area contributed by atoms with Gasteiger partial charge in [0, 0.05) is 22.8 Å². The van der Waals surface area contributed by atoms with Crippen molar-refractivity contribution in [2.75, 3.05) is 0 Å². The molecular formula is C25H19F3N4O2S. The summed E-state index contributed by atoms with van der Waals surface area (Å²) in [7, 11) is -4.38. The van der Waals surface area contributed by atoms with Gasteiger partial charge in [-0.3, -0.25) is 4.57 Å². The van der Waals surface area contributed by atoms with E-state index in [2.05, 4.69) is 11.1 Å². The number of nitrogens with zero attached hydrogens (tertiary/aromatic N) is 3. The molecule has 0 saturated heterocycles. The molecule has 0 bridgehead atoms. The molecule has 2 aromatic heterocycles. The van der Waals surface area contributed by atoms with Crippen LogP contribution in [-0.2, 0) is 10.0 Å². The van der Waals surface area contributed by atoms with E-state index in [0.717, 1.165) is 24.1 Å². The number of sulfonamides is 1. The fourth-order valence-electron chi connectivity index (χ4n) is 4.47. The number of alkyl halides is 3. The molecule has 2 heterocycles. The van der Waals surface area contributed by atoms with Crippen LogP contribution in [0.25, 0.3) is 28.0 Å². The van der Waals surface area contributed by atoms with E-state index in [0.29, 0.717) is 33.8 Å². The standard InChI is InChI=1S/C25H19F3N4O2S/c26-25(27,28)24(10-11-24)31-35(33,34)19-8-6-16(7-9-19)22-21(13-29)20-12-17(15-4-5-15)14-30-23(20)32(22)18-2-1-3-18/h1-3,6-9,12,14-15,31H,4-5,10-11H2. The highest BCUT2D eigenvalue weighted by molar-refractivity contribution is 7.89. The van der Waals surface area contributed by atoms with Crippen molar-refractivity contribution in [3.05, 3.63) is 65.9 Å². The van der Waals surface area contributed by atoms with Crippen LogP contribution >= 0.6 is 0 Å². The number of allylic oxidation sites excluding steroid dienone is 4. The molecule has 3 aromatic rings. The van der Waals surface area contributed by atoms with Crippen LogP contribution in [0.4, 0.5) is 13.2 Å². The Kier molecular flexibility index (Phi) is 4.60. The fraction of sp³-hybridized carbons (Fsp3) is 0.280. The summed E-state index contributed by atoms with van der Waals surface area (Å²) in [6.45, 7) is 0. The summed E-state index contributed by atoms with van der Waals surface area (Å²) >= 11 is 0. The van der Waals surface area contributed by atoms with Crippen LogP contribution in [0.2, 0.25) is 0 Å². The van der Waals surface area contributed by atoms with Gasteiger partial charge in [-0.25, -0.2) is 13.4 Å². The maximum Gasteiger partial charge on any atom is 0.407 e. The summed E-state index contributed by atoms with van der Waals surface area (Å²) in [6, 6.07) is 9.83. The van der Waals surface area contributed by atoms with Crippen LogP contribution in [0.15, 0.2) is 59.7 Å². The van der Waals surface area contributed by atoms with E-state index in [1.54, 1.807) is 0 Å². The van der Waals surface area contributed by atoms with E-state index < -0.39 is 21.7 Å². The van der Waals surface area contributed by atoms with Gasteiger partial charge in [0.25, 0.3) is 0 Å². The number of halogens is 3. The Morgan fingerprint density at radius 3 is 2.37 bits per heavy atom. The predicted molar refractivity (Wildman–Crippen MR) is 124 cm³/mol. The maximum atomic E-state index is 13.3. The van der Waals surface area contributed by atoms with E-state index >= 15 is 0 Å². The van der Waals surface area contributed by atoms with E-state index in [1.807, 2.05) is 39.8 Å². The second-order valence-electron chi connectivity index (χ2n) is 9.25. The Morgan fingerprint density at radius 2 is 1.86 bits per heavy atom. The van der Waals surface area contributed by atoms with Gasteiger partial charge in [0.05, 0.1) is 16.2 Å². The molecule has 3 aliphatic rings. The van der Waals surface area contributed by atoms with Crippen LogP contribution in [0.1, 0.15) is 42.7 Å². The van der Waals surface area contributed by atoms with Gasteiger partial charge < -0.3 is 0 Å². The second-order valence-corrected chi connectivity index (χ2v) is 10.9. The molecule has 0 aliphatic heterocycles. The highest BCUT2D eigenvalue weighted by atomic mass is 32.2. The maximum absolute atomic E-state index is 13.3. The second kappa shape index (κ2) is 7.29. The third kappa shape index (κ3) is 3.49. The number of hydrogen-bond donors (Lipinski definition) is 1. The number of fused-ring (bicyclic) bond motifs is 1. The number of hydrogen-bond acceptors (Lipinski definition) is 4. The molecule has 2 saturated carbocycles. The first-order valence-electron chi connectivity index (χ1n) is 11.2. The van der Waals surface area contributed by atoms with E-state index in [-0.39, 0.29) is 17.7 Å². The van der Waals surface area contributed by atoms with Crippen LogP contribution in [0.5, 0.6) is 0 Å². The molecule has 178 valence electrons. The number of nitrogens with one attached hydrogen (secondary N) is 1. The number of aromatic nitrogens is 2. The molecule has 6 nitrogen and oxygen atoms in total. The summed E-state index contributed by atoms with van der Waals surface area (Å²) in [5.41, 5.74) is 1.68. The minimum absolute atomic E-state index is 0.269. The minimum Gasteiger partial charge on any atom is -0.293 e. The number of benzene rings is 1. The monoisotopic (exact) mass is 496 g/mol. The van der Waals surface area contributed by atoms with E-state index in [9.17, 15) is 26.9 Å². The summed E-state index contributed by atoms with van der Waals surface area (Å²) < 4.78 is 68.9. The van der Waals surface area contributed by atoms with Crippen LogP contribution in [0.3, 0.4) is 0 Å². The lowest BCUT2D eigenvalue weighted by atomic mass is 10.0. The molecule has 1 N–H and O–H groups in total. The zero-order valence-electron chi connectivity index (χ0n) is 18.3. The summed E-state index contributed by atoms with van der Waals surface area (Å²) in [6.07, 6.45) is 4.44. The average molecular weight is 497 g/mol. The number of rotatable bonds is 6. The quantitative estimate of drug-likeness (QED) is 0.506. The minimum atomic E-state index is -4.65. The highest BCUT2D eigenvalue weighted by Crippen LogP contribution is 2.50. The van der Waals surface area contributed by atoms with Gasteiger partial charge in [0.1, 0.15) is 17.3 Å². The number of nitriles is 1. The molecule has 0 atom stereocenters. The Labute approximate surface area is 199 Å². The van der Waals surface area contributed by atoms with Crippen molar-refractivity contribution in [1.29, 1.82) is 5.26 Å². The summed E-state index contributed by atoms with van der Waals surface area (Å²) in [5.74, 6) is 0.455. The summed E-state index contributed by atoms with van der Waals surface area (Å²) in [5, 5.41) is 10.8. The molecule has 3 aliphatic carbocycles. The van der Waals surface area contributed by atoms with E-state index in [4.69, 9.17) is 0 Å². The number of pyridine rings is 1. The first-order chi connectivity index (χ1) is 16.6. The van der Waals surface area contributed by atoms with Crippen molar-refractivity contribution in [1.82, 2.24) is 14.3 Å². The normalized spacial score (nSPS) is 18.7. The van der Waals surface area contributed by atoms with Crippen molar-refractivity contribution in [3.63, 3.8) is 0 Å². The summed E-state index contributed by atoms with van der Waals surface area (Å²) in [4.78, 5) is 4.38. The molecule has 0 amide bonds. The van der Waals surface area contributed by atoms with Crippen molar-refractivity contribution >= 4 is 26.8 Å². The zero-order chi connectivity index (χ0) is 24.6. The van der Waals surface area contributed by atoms with Crippen molar-refractivity contribution in [2.45, 2.75) is 48.2 Å². The lowest BCUT2D eigenvalue weighted by Crippen LogP contribution is -2.47. The third-order valence-electron chi connectivity index (χ3n) is 6.84. The smallest absolute Gasteiger partial charge is 0.293 e. The average Bonchev–Trinajstić information content (AvgIpc) is 3.70. The highest BCUT2D eigenvalue weighted by Gasteiger charge is 2.65. The molecule has 1 aromatic carbocycles. The topological polar surface area (TPSA) is 87.8 Å². The molecule has 0 radical (unpaired) electrons. The Morgan fingerprint density at radius 1 is 1.17 bits per heavy atom. The van der Waals surface area contributed by atoms with Gasteiger partial charge in [-0.2, -0.15) is 23.2 Å². The lowest BCUT2D eigenvalue weighted by Gasteiger charge is -2.20. The van der Waals surface area contributed by atoms with Crippen LogP contribution < -0.4 is 4.72 Å². The van der Waals surface area contributed by atoms with Gasteiger partial charge in [-0.1, -0.05) is 18.2 Å². The largest absolute Gasteiger partial charge is 0.407 e. The van der Waals surface area contributed by atoms with Crippen molar-refractivity contribution in [3.8, 4) is 17.3 Å². The van der Waals surface area contributed by atoms with E-state index in [1.165, 1.54) is 24.3 Å². The van der Waals surface area contributed by atoms with Crippen LogP contribution in [-0.4, -0.2) is 29.7 Å². The van der Waals surface area contributed by atoms with Crippen molar-refractivity contribution in [2.24, 2.45) is 0 Å². The molecule has 10 heteroatoms. The molecular weight excluding hydrogens is 477 g/mol. The third-order valence-corrected chi connectivity index (χ3v) is 8.39. The lowest BCUT2D eigenvalue weighted by molar-refractivity contribution is -0.160. The zero-order valence-corrected chi connectivity index (χ0v) is 19.1. The van der Waals surface area contributed by atoms with Gasteiger partial charge >= 0.3 is 6.18 Å². The van der Waals surface area contributed by atoms with Gasteiger partial charge in [-0.05, 0) is 67.5 Å². The molecule has 2 fully saturated rings. The SMILES string of the molecule is N#Cc1c(-c2ccc(S(=O)(=O)NC3(C(F)(F)F)CC3)cc2)n(C2=CC=C2)c2ncc(C3CC3)cc12. The van der Waals surface area contributed by atoms with Crippen molar-refractivity contribution < 1.29 is 21.6 Å². The molecule has 0 spiro atoms. The predicted octanol–water partition coefficient (Wildman–Crippen LogP) is 5.24. The Balaban J connectivity index is 1.43. The molecule has 35 heavy (non-hydrogen) atoms. The van der Waals surface area contributed by atoms with Gasteiger partial charge in [0.15, 0.2) is 0 Å². The first kappa shape index (κ1) is 22.1.